The number of furan rings is 1. The van der Waals surface area contributed by atoms with Gasteiger partial charge in [0.1, 0.15) is 16.7 Å². The third-order valence-electron chi connectivity index (χ3n) is 12.9. The van der Waals surface area contributed by atoms with E-state index in [2.05, 4.69) is 127 Å². The lowest BCUT2D eigenvalue weighted by Gasteiger charge is -2.34. The number of hydrogen-bond acceptors (Lipinski definition) is 6. The second kappa shape index (κ2) is 14.7. The van der Waals surface area contributed by atoms with E-state index in [4.69, 9.17) is 28.8 Å². The van der Waals surface area contributed by atoms with Crippen LogP contribution in [0.3, 0.4) is 0 Å². The number of para-hydroxylation sites is 1. The second-order valence-corrected chi connectivity index (χ2v) is 16.5. The fourth-order valence-corrected chi connectivity index (χ4v) is 9.85. The molecular weight excluding hydrogens is 797 g/mol. The van der Waals surface area contributed by atoms with Gasteiger partial charge in [0.15, 0.2) is 23.1 Å². The van der Waals surface area contributed by atoms with Gasteiger partial charge in [-0.3, -0.25) is 0 Å². The predicted molar refractivity (Wildman–Crippen MR) is 259 cm³/mol. The third-order valence-corrected chi connectivity index (χ3v) is 12.9. The molecule has 0 saturated heterocycles. The number of rotatable bonds is 7. The average molecular weight is 833 g/mol. The van der Waals surface area contributed by atoms with Gasteiger partial charge < -0.3 is 8.83 Å². The van der Waals surface area contributed by atoms with Crippen LogP contribution in [0.25, 0.3) is 101 Å². The summed E-state index contributed by atoms with van der Waals surface area (Å²) in [4.78, 5) is 20.1. The normalized spacial score (nSPS) is 12.7. The summed E-state index contributed by atoms with van der Waals surface area (Å²) in [6.07, 6.45) is 0. The first-order chi connectivity index (χ1) is 32.2. The van der Waals surface area contributed by atoms with Crippen molar-refractivity contribution < 1.29 is 8.83 Å². The Balaban J connectivity index is 0.923. The SMILES string of the molecule is c1ccc(-c2nc(-c3cccc(-c4ccc(C5(c6ccc7nc(-c8ccccc8)oc7c6)c6ccccc6-c6ccccc65)cc4)c3)nc(-c3ccc4oc5ccccc5c4c3)n2)cc1. The molecule has 12 aromatic rings. The van der Waals surface area contributed by atoms with Crippen molar-refractivity contribution in [3.8, 4) is 67.9 Å². The lowest BCUT2D eigenvalue weighted by molar-refractivity contribution is 0.618. The van der Waals surface area contributed by atoms with Gasteiger partial charge in [0.25, 0.3) is 0 Å². The van der Waals surface area contributed by atoms with Gasteiger partial charge in [-0.05, 0) is 99.1 Å². The van der Waals surface area contributed by atoms with Crippen LogP contribution in [0.4, 0.5) is 0 Å². The van der Waals surface area contributed by atoms with Crippen LogP contribution in [0.5, 0.6) is 0 Å². The molecule has 304 valence electrons. The van der Waals surface area contributed by atoms with E-state index in [1.54, 1.807) is 0 Å². The Hall–Kier alpha value is -8.74. The highest BCUT2D eigenvalue weighted by atomic mass is 16.3. The van der Waals surface area contributed by atoms with E-state index in [9.17, 15) is 0 Å². The number of oxazole rings is 1. The Morgan fingerprint density at radius 3 is 1.60 bits per heavy atom. The molecule has 0 saturated carbocycles. The first-order valence-corrected chi connectivity index (χ1v) is 21.8. The molecule has 65 heavy (non-hydrogen) atoms. The Kier molecular flexibility index (Phi) is 8.33. The summed E-state index contributed by atoms with van der Waals surface area (Å²) in [6, 6.07) is 76.0. The Bertz CT molecular complexity index is 3730. The monoisotopic (exact) mass is 832 g/mol. The van der Waals surface area contributed by atoms with Crippen molar-refractivity contribution in [2.45, 2.75) is 5.41 Å². The van der Waals surface area contributed by atoms with Gasteiger partial charge in [-0.1, -0.05) is 164 Å². The molecule has 0 unspecified atom stereocenters. The summed E-state index contributed by atoms with van der Waals surface area (Å²) < 4.78 is 12.7. The summed E-state index contributed by atoms with van der Waals surface area (Å²) in [5, 5.41) is 2.08. The van der Waals surface area contributed by atoms with Crippen LogP contribution < -0.4 is 0 Å². The molecule has 0 amide bonds. The molecule has 0 spiro atoms. The molecule has 3 heterocycles. The summed E-state index contributed by atoms with van der Waals surface area (Å²) in [5.41, 5.74) is 15.6. The molecule has 13 rings (SSSR count). The van der Waals surface area contributed by atoms with E-state index >= 15 is 0 Å². The molecule has 0 N–H and O–H groups in total. The molecular formula is C59H36N4O2. The van der Waals surface area contributed by atoms with Crippen molar-refractivity contribution in [2.24, 2.45) is 0 Å². The molecule has 6 nitrogen and oxygen atoms in total. The number of nitrogens with zero attached hydrogens (tertiary/aromatic N) is 4. The van der Waals surface area contributed by atoms with Gasteiger partial charge >= 0.3 is 0 Å². The molecule has 0 atom stereocenters. The van der Waals surface area contributed by atoms with Crippen LogP contribution in [0.1, 0.15) is 22.3 Å². The molecule has 1 aliphatic carbocycles. The van der Waals surface area contributed by atoms with Crippen molar-refractivity contribution in [1.82, 2.24) is 19.9 Å². The third kappa shape index (κ3) is 5.95. The maximum absolute atomic E-state index is 6.50. The highest BCUT2D eigenvalue weighted by Crippen LogP contribution is 2.56. The molecule has 3 aromatic heterocycles. The number of aromatic nitrogens is 4. The quantitative estimate of drug-likeness (QED) is 0.159. The van der Waals surface area contributed by atoms with Crippen LogP contribution in [-0.4, -0.2) is 19.9 Å². The maximum atomic E-state index is 6.50. The zero-order valence-electron chi connectivity index (χ0n) is 34.9. The highest BCUT2D eigenvalue weighted by Gasteiger charge is 2.46. The van der Waals surface area contributed by atoms with Crippen LogP contribution in [0.2, 0.25) is 0 Å². The minimum absolute atomic E-state index is 0.595. The molecule has 0 bridgehead atoms. The van der Waals surface area contributed by atoms with Crippen LogP contribution in [-0.2, 0) is 5.41 Å². The van der Waals surface area contributed by atoms with Crippen molar-refractivity contribution >= 4 is 33.0 Å². The standard InChI is InChI=1S/C59H36N4O2/c1-3-14-38(15-4-1)55-61-56(63-57(62-55)42-28-33-53-48(35-42)47-22-9-12-25-52(47)64-53)41-19-13-18-40(34-41)37-26-29-43(30-27-37)59(49-23-10-7-20-45(49)46-21-8-11-24-50(46)59)44-31-32-51-54(36-44)65-58(60-51)39-16-5-2-6-17-39/h1-36H. The smallest absolute Gasteiger partial charge is 0.227 e. The minimum atomic E-state index is -0.609. The topological polar surface area (TPSA) is 77.8 Å². The summed E-state index contributed by atoms with van der Waals surface area (Å²) in [5.74, 6) is 2.42. The number of fused-ring (bicyclic) bond motifs is 7. The van der Waals surface area contributed by atoms with Crippen molar-refractivity contribution in [2.75, 3.05) is 0 Å². The lowest BCUT2D eigenvalue weighted by atomic mass is 9.67. The van der Waals surface area contributed by atoms with Gasteiger partial charge in [-0.15, -0.1) is 0 Å². The summed E-state index contributed by atoms with van der Waals surface area (Å²) in [6.45, 7) is 0. The summed E-state index contributed by atoms with van der Waals surface area (Å²) >= 11 is 0. The van der Waals surface area contributed by atoms with E-state index in [0.29, 0.717) is 23.4 Å². The number of benzene rings is 9. The van der Waals surface area contributed by atoms with Gasteiger partial charge in [-0.2, -0.15) is 0 Å². The van der Waals surface area contributed by atoms with Gasteiger partial charge in [0, 0.05) is 33.0 Å². The van der Waals surface area contributed by atoms with Crippen LogP contribution >= 0.6 is 0 Å². The van der Waals surface area contributed by atoms with Crippen molar-refractivity contribution in [1.29, 1.82) is 0 Å². The first kappa shape index (κ1) is 36.9. The molecule has 1 aliphatic rings. The fourth-order valence-electron chi connectivity index (χ4n) is 9.85. The zero-order valence-corrected chi connectivity index (χ0v) is 34.9. The van der Waals surface area contributed by atoms with E-state index in [-0.39, 0.29) is 0 Å². The van der Waals surface area contributed by atoms with Crippen LogP contribution in [0.15, 0.2) is 227 Å². The van der Waals surface area contributed by atoms with Crippen molar-refractivity contribution in [3.05, 3.63) is 241 Å². The predicted octanol–water partition coefficient (Wildman–Crippen LogP) is 14.6. The average Bonchev–Trinajstić information content (AvgIpc) is 4.07. The Morgan fingerprint density at radius 1 is 0.308 bits per heavy atom. The highest BCUT2D eigenvalue weighted by molar-refractivity contribution is 6.06. The fraction of sp³-hybridized carbons (Fsp3) is 0.0169. The van der Waals surface area contributed by atoms with Crippen LogP contribution in [0, 0.1) is 0 Å². The van der Waals surface area contributed by atoms with E-state index < -0.39 is 5.41 Å². The molecule has 0 fully saturated rings. The van der Waals surface area contributed by atoms with Gasteiger partial charge in [0.05, 0.1) is 5.41 Å². The minimum Gasteiger partial charge on any atom is -0.456 e. The summed E-state index contributed by atoms with van der Waals surface area (Å²) in [7, 11) is 0. The lowest BCUT2D eigenvalue weighted by Crippen LogP contribution is -2.28. The molecule has 0 radical (unpaired) electrons. The van der Waals surface area contributed by atoms with E-state index in [1.165, 1.54) is 22.3 Å². The molecule has 6 heteroatoms. The molecule has 0 aliphatic heterocycles. The zero-order chi connectivity index (χ0) is 42.9. The van der Waals surface area contributed by atoms with Gasteiger partial charge in [-0.25, -0.2) is 19.9 Å². The Morgan fingerprint density at radius 2 is 0.862 bits per heavy atom. The van der Waals surface area contributed by atoms with E-state index in [0.717, 1.165) is 77.5 Å². The largest absolute Gasteiger partial charge is 0.456 e. The maximum Gasteiger partial charge on any atom is 0.227 e. The second-order valence-electron chi connectivity index (χ2n) is 16.5. The number of hydrogen-bond donors (Lipinski definition) is 0. The Labute approximate surface area is 374 Å². The van der Waals surface area contributed by atoms with Crippen molar-refractivity contribution in [3.63, 3.8) is 0 Å². The van der Waals surface area contributed by atoms with Gasteiger partial charge in [0.2, 0.25) is 5.89 Å². The van der Waals surface area contributed by atoms with E-state index in [1.807, 2.05) is 91.0 Å². The molecule has 9 aromatic carbocycles. The first-order valence-electron chi connectivity index (χ1n) is 21.8.